The van der Waals surface area contributed by atoms with Gasteiger partial charge in [-0.3, -0.25) is 0 Å². The largest absolute Gasteiger partial charge is 0.370 e. The van der Waals surface area contributed by atoms with Crippen LogP contribution in [0.15, 0.2) is 40.1 Å². The molecule has 0 aliphatic carbocycles. The van der Waals surface area contributed by atoms with Crippen LogP contribution in [-0.2, 0) is 16.4 Å². The minimum atomic E-state index is -4.01. The van der Waals surface area contributed by atoms with Gasteiger partial charge in [0, 0.05) is 19.3 Å². The molecule has 26 heavy (non-hydrogen) atoms. The molecule has 0 atom stereocenters. The summed E-state index contributed by atoms with van der Waals surface area (Å²) in [5.41, 5.74) is 1.69. The predicted octanol–water partition coefficient (Wildman–Crippen LogP) is 2.11. The smallest absolute Gasteiger partial charge is 0.214 e. The lowest BCUT2D eigenvalue weighted by molar-refractivity contribution is 0.392. The van der Waals surface area contributed by atoms with Gasteiger partial charge in [0.15, 0.2) is 16.4 Å². The minimum absolute atomic E-state index is 0.0608. The van der Waals surface area contributed by atoms with Gasteiger partial charge in [-0.05, 0) is 45.3 Å². The number of rotatable bonds is 5. The first-order chi connectivity index (χ1) is 12.2. The third-order valence-electron chi connectivity index (χ3n) is 3.84. The zero-order valence-corrected chi connectivity index (χ0v) is 15.8. The summed E-state index contributed by atoms with van der Waals surface area (Å²) >= 11 is 0. The van der Waals surface area contributed by atoms with Crippen LogP contribution in [0.3, 0.4) is 0 Å². The molecule has 3 aromatic rings. The Labute approximate surface area is 151 Å². The maximum atomic E-state index is 13.6. The summed E-state index contributed by atoms with van der Waals surface area (Å²) in [4.78, 5) is 6.15. The van der Waals surface area contributed by atoms with Crippen molar-refractivity contribution in [2.24, 2.45) is 0 Å². The summed E-state index contributed by atoms with van der Waals surface area (Å²) < 4.78 is 41.5. The van der Waals surface area contributed by atoms with Crippen LogP contribution in [0.5, 0.6) is 0 Å². The van der Waals surface area contributed by atoms with Gasteiger partial charge in [-0.25, -0.2) is 22.3 Å². The summed E-state index contributed by atoms with van der Waals surface area (Å²) in [6.45, 7) is 2.36. The van der Waals surface area contributed by atoms with E-state index < -0.39 is 15.7 Å². The van der Waals surface area contributed by atoms with E-state index in [2.05, 4.69) is 15.4 Å². The van der Waals surface area contributed by atoms with Crippen LogP contribution in [0, 0.1) is 12.7 Å². The van der Waals surface area contributed by atoms with Crippen LogP contribution in [0.4, 0.5) is 10.2 Å². The molecular weight excluding hydrogens is 357 g/mol. The number of fused-ring (bicyclic) bond motifs is 1. The van der Waals surface area contributed by atoms with Crippen molar-refractivity contribution in [2.45, 2.75) is 23.3 Å². The van der Waals surface area contributed by atoms with Crippen molar-refractivity contribution in [1.29, 1.82) is 0 Å². The molecule has 0 spiro atoms. The second-order valence-electron chi connectivity index (χ2n) is 6.25. The van der Waals surface area contributed by atoms with Crippen molar-refractivity contribution in [2.75, 3.05) is 26.5 Å². The van der Waals surface area contributed by atoms with Gasteiger partial charge < -0.3 is 10.2 Å². The first kappa shape index (κ1) is 18.3. The van der Waals surface area contributed by atoms with Gasteiger partial charge in [0.1, 0.15) is 5.82 Å². The standard InChI is InChI=1S/C17H20FN5O2S/c1-11-8-13(10-22(3)4)23-17(20-11)15(16(19-2)21-23)26(24,25)14-7-5-6-12(18)9-14/h5-9H,10H2,1-4H3,(H,19,21). The van der Waals surface area contributed by atoms with E-state index >= 15 is 0 Å². The van der Waals surface area contributed by atoms with Gasteiger partial charge in [0.25, 0.3) is 0 Å². The molecule has 0 aliphatic rings. The molecule has 9 heteroatoms. The number of halogens is 1. The Morgan fingerprint density at radius 3 is 2.62 bits per heavy atom. The molecule has 0 amide bonds. The van der Waals surface area contributed by atoms with E-state index in [-0.39, 0.29) is 21.3 Å². The van der Waals surface area contributed by atoms with E-state index in [1.54, 1.807) is 14.0 Å². The fraction of sp³-hybridized carbons (Fsp3) is 0.294. The van der Waals surface area contributed by atoms with Crippen LogP contribution in [-0.4, -0.2) is 49.1 Å². The third kappa shape index (κ3) is 3.15. The maximum Gasteiger partial charge on any atom is 0.214 e. The highest BCUT2D eigenvalue weighted by atomic mass is 32.2. The van der Waals surface area contributed by atoms with Gasteiger partial charge in [-0.1, -0.05) is 6.07 Å². The second-order valence-corrected chi connectivity index (χ2v) is 8.14. The average molecular weight is 377 g/mol. The molecule has 0 bridgehead atoms. The zero-order valence-electron chi connectivity index (χ0n) is 15.0. The summed E-state index contributed by atoms with van der Waals surface area (Å²) in [6.07, 6.45) is 0. The van der Waals surface area contributed by atoms with Gasteiger partial charge in [0.2, 0.25) is 9.84 Å². The van der Waals surface area contributed by atoms with Crippen molar-refractivity contribution >= 4 is 21.3 Å². The Bertz CT molecular complexity index is 1080. The van der Waals surface area contributed by atoms with Gasteiger partial charge in [0.05, 0.1) is 10.6 Å². The summed E-state index contributed by atoms with van der Waals surface area (Å²) in [7, 11) is 1.40. The van der Waals surface area contributed by atoms with E-state index in [0.29, 0.717) is 12.2 Å². The third-order valence-corrected chi connectivity index (χ3v) is 5.63. The average Bonchev–Trinajstić information content (AvgIpc) is 2.93. The summed E-state index contributed by atoms with van der Waals surface area (Å²) in [6, 6.07) is 6.78. The quantitative estimate of drug-likeness (QED) is 0.734. The number of sulfone groups is 1. The molecule has 1 aromatic carbocycles. The fourth-order valence-electron chi connectivity index (χ4n) is 2.79. The predicted molar refractivity (Wildman–Crippen MR) is 96.5 cm³/mol. The first-order valence-corrected chi connectivity index (χ1v) is 9.44. The van der Waals surface area contributed by atoms with Gasteiger partial charge in [-0.15, -0.1) is 5.10 Å². The Morgan fingerprint density at radius 1 is 1.27 bits per heavy atom. The van der Waals surface area contributed by atoms with E-state index in [1.165, 1.54) is 22.7 Å². The van der Waals surface area contributed by atoms with Crippen molar-refractivity contribution in [3.05, 3.63) is 47.5 Å². The molecular formula is C17H20FN5O2S. The summed E-state index contributed by atoms with van der Waals surface area (Å²) in [5, 5.41) is 7.20. The number of benzene rings is 1. The van der Waals surface area contributed by atoms with Crippen LogP contribution in [0.25, 0.3) is 5.65 Å². The van der Waals surface area contributed by atoms with Crippen molar-refractivity contribution in [3.63, 3.8) is 0 Å². The molecule has 1 N–H and O–H groups in total. The molecule has 2 heterocycles. The maximum absolute atomic E-state index is 13.6. The van der Waals surface area contributed by atoms with Gasteiger partial charge >= 0.3 is 0 Å². The topological polar surface area (TPSA) is 79.6 Å². The molecule has 2 aromatic heterocycles. The van der Waals surface area contributed by atoms with Crippen LogP contribution in [0.2, 0.25) is 0 Å². The molecule has 138 valence electrons. The molecule has 0 fully saturated rings. The normalized spacial score (nSPS) is 12.1. The molecule has 0 unspecified atom stereocenters. The molecule has 0 saturated carbocycles. The van der Waals surface area contributed by atoms with Crippen LogP contribution >= 0.6 is 0 Å². The lowest BCUT2D eigenvalue weighted by atomic mass is 10.3. The molecule has 3 rings (SSSR count). The van der Waals surface area contributed by atoms with Crippen LogP contribution < -0.4 is 5.32 Å². The highest BCUT2D eigenvalue weighted by Crippen LogP contribution is 2.31. The number of anilines is 1. The van der Waals surface area contributed by atoms with Crippen molar-refractivity contribution in [3.8, 4) is 0 Å². The number of hydrogen-bond donors (Lipinski definition) is 1. The second kappa shape index (κ2) is 6.65. The van der Waals surface area contributed by atoms with Crippen LogP contribution in [0.1, 0.15) is 11.4 Å². The Kier molecular flexibility index (Phi) is 4.68. The zero-order chi connectivity index (χ0) is 19.1. The monoisotopic (exact) mass is 377 g/mol. The molecule has 0 saturated heterocycles. The van der Waals surface area contributed by atoms with Gasteiger partial charge in [-0.2, -0.15) is 0 Å². The number of aromatic nitrogens is 3. The van der Waals surface area contributed by atoms with E-state index in [1.807, 2.05) is 25.1 Å². The summed E-state index contributed by atoms with van der Waals surface area (Å²) in [5.74, 6) is -0.446. The van der Waals surface area contributed by atoms with Crippen molar-refractivity contribution in [1.82, 2.24) is 19.5 Å². The number of aryl methyl sites for hydroxylation is 1. The number of nitrogens with zero attached hydrogens (tertiary/aromatic N) is 4. The highest BCUT2D eigenvalue weighted by molar-refractivity contribution is 7.91. The minimum Gasteiger partial charge on any atom is -0.370 e. The molecule has 0 radical (unpaired) electrons. The number of nitrogens with one attached hydrogen (secondary N) is 1. The van der Waals surface area contributed by atoms with E-state index in [9.17, 15) is 12.8 Å². The lowest BCUT2D eigenvalue weighted by Gasteiger charge is -2.11. The Morgan fingerprint density at radius 2 is 2.00 bits per heavy atom. The Hall–Kier alpha value is -2.52. The molecule has 0 aliphatic heterocycles. The molecule has 7 nitrogen and oxygen atoms in total. The number of hydrogen-bond acceptors (Lipinski definition) is 6. The highest BCUT2D eigenvalue weighted by Gasteiger charge is 2.29. The SMILES string of the molecule is CNc1nn2c(CN(C)C)cc(C)nc2c1S(=O)(=O)c1cccc(F)c1. The fourth-order valence-corrected chi connectivity index (χ4v) is 4.33. The first-order valence-electron chi connectivity index (χ1n) is 7.96. The Balaban J connectivity index is 2.33. The lowest BCUT2D eigenvalue weighted by Crippen LogP contribution is -2.15. The van der Waals surface area contributed by atoms with E-state index in [0.717, 1.165) is 11.8 Å². The van der Waals surface area contributed by atoms with Crippen molar-refractivity contribution < 1.29 is 12.8 Å². The van der Waals surface area contributed by atoms with E-state index in [4.69, 9.17) is 0 Å².